The van der Waals surface area contributed by atoms with Gasteiger partial charge >= 0.3 is 0 Å². The molecule has 0 aromatic rings. The van der Waals surface area contributed by atoms with E-state index in [0.717, 1.165) is 25.0 Å². The monoisotopic (exact) mass is 179 g/mol. The molecule has 0 aliphatic heterocycles. The van der Waals surface area contributed by atoms with Crippen molar-refractivity contribution in [2.45, 2.75) is 46.1 Å². The molecule has 1 N–H and O–H groups in total. The minimum atomic E-state index is 0.505. The second-order valence-corrected chi connectivity index (χ2v) is 3.91. The van der Waals surface area contributed by atoms with E-state index in [1.165, 1.54) is 0 Å². The maximum atomic E-state index is 5.21. The molecule has 0 aliphatic rings. The predicted molar refractivity (Wildman–Crippen MR) is 59.3 cm³/mol. The molecule has 1 heteroatoms. The van der Waals surface area contributed by atoms with Crippen LogP contribution in [-0.4, -0.2) is 6.04 Å². The highest BCUT2D eigenvalue weighted by Crippen LogP contribution is 2.12. The molecule has 0 aromatic carbocycles. The van der Waals surface area contributed by atoms with Crippen LogP contribution in [0.3, 0.4) is 0 Å². The van der Waals surface area contributed by atoms with Gasteiger partial charge in [-0.2, -0.15) is 0 Å². The summed E-state index contributed by atoms with van der Waals surface area (Å²) in [6, 6.07) is 0.505. The second-order valence-electron chi connectivity index (χ2n) is 3.91. The van der Waals surface area contributed by atoms with Crippen molar-refractivity contribution < 1.29 is 0 Å². The van der Waals surface area contributed by atoms with E-state index >= 15 is 0 Å². The van der Waals surface area contributed by atoms with Gasteiger partial charge in [0.1, 0.15) is 0 Å². The largest absolute Gasteiger partial charge is 0.387 e. The summed E-state index contributed by atoms with van der Waals surface area (Å²) in [4.78, 5) is 0. The minimum Gasteiger partial charge on any atom is -0.387 e. The Morgan fingerprint density at radius 2 is 2.15 bits per heavy atom. The van der Waals surface area contributed by atoms with E-state index in [9.17, 15) is 0 Å². The molecule has 0 aromatic heterocycles. The summed E-state index contributed by atoms with van der Waals surface area (Å²) in [5.74, 6) is 3.37. The third kappa shape index (κ3) is 7.46. The smallest absolute Gasteiger partial charge is 0.0232 e. The van der Waals surface area contributed by atoms with Crippen LogP contribution in [0.5, 0.6) is 0 Å². The molecule has 1 nitrogen and oxygen atoms in total. The lowest BCUT2D eigenvalue weighted by molar-refractivity contribution is 0.426. The van der Waals surface area contributed by atoms with Crippen LogP contribution in [-0.2, 0) is 0 Å². The first-order valence-corrected chi connectivity index (χ1v) is 4.91. The van der Waals surface area contributed by atoms with E-state index in [-0.39, 0.29) is 0 Å². The van der Waals surface area contributed by atoms with E-state index in [1.807, 2.05) is 6.92 Å². The topological polar surface area (TPSA) is 12.0 Å². The van der Waals surface area contributed by atoms with Gasteiger partial charge < -0.3 is 5.32 Å². The summed E-state index contributed by atoms with van der Waals surface area (Å²) in [5.41, 5.74) is 1.04. The van der Waals surface area contributed by atoms with Crippen molar-refractivity contribution in [2.75, 3.05) is 0 Å². The lowest BCUT2D eigenvalue weighted by Crippen LogP contribution is -2.25. The number of rotatable bonds is 6. The number of terminal acetylenes is 1. The zero-order valence-corrected chi connectivity index (χ0v) is 9.06. The Morgan fingerprint density at radius 3 is 2.62 bits per heavy atom. The van der Waals surface area contributed by atoms with Crippen LogP contribution in [0, 0.1) is 18.3 Å². The molecule has 0 amide bonds. The zero-order valence-electron chi connectivity index (χ0n) is 9.06. The minimum absolute atomic E-state index is 0.505. The van der Waals surface area contributed by atoms with E-state index in [4.69, 9.17) is 6.42 Å². The van der Waals surface area contributed by atoms with Gasteiger partial charge in [-0.3, -0.25) is 0 Å². The average Bonchev–Trinajstić information content (AvgIpc) is 1.98. The quantitative estimate of drug-likeness (QED) is 0.618. The SMILES string of the molecule is C#CCCC(C)CC(C)NC(=C)C. The van der Waals surface area contributed by atoms with E-state index in [2.05, 4.69) is 31.7 Å². The Labute approximate surface area is 82.6 Å². The normalized spacial score (nSPS) is 14.3. The van der Waals surface area contributed by atoms with Crippen LogP contribution in [0.1, 0.15) is 40.0 Å². The molecule has 2 unspecified atom stereocenters. The Bertz CT molecular complexity index is 188. The van der Waals surface area contributed by atoms with Crippen LogP contribution >= 0.6 is 0 Å². The lowest BCUT2D eigenvalue weighted by Gasteiger charge is -2.18. The average molecular weight is 179 g/mol. The van der Waals surface area contributed by atoms with Crippen molar-refractivity contribution >= 4 is 0 Å². The highest BCUT2D eigenvalue weighted by Gasteiger charge is 2.07. The van der Waals surface area contributed by atoms with Crippen molar-refractivity contribution in [1.29, 1.82) is 0 Å². The lowest BCUT2D eigenvalue weighted by atomic mass is 9.98. The van der Waals surface area contributed by atoms with Crippen LogP contribution in [0.25, 0.3) is 0 Å². The van der Waals surface area contributed by atoms with E-state index < -0.39 is 0 Å². The molecule has 0 heterocycles. The molecule has 13 heavy (non-hydrogen) atoms. The summed E-state index contributed by atoms with van der Waals surface area (Å²) in [7, 11) is 0. The van der Waals surface area contributed by atoms with Gasteiger partial charge in [0, 0.05) is 18.2 Å². The number of hydrogen-bond acceptors (Lipinski definition) is 1. The molecule has 0 fully saturated rings. The molecule has 0 saturated carbocycles. The highest BCUT2D eigenvalue weighted by atomic mass is 14.9. The fourth-order valence-electron chi connectivity index (χ4n) is 1.53. The summed E-state index contributed by atoms with van der Waals surface area (Å²) >= 11 is 0. The predicted octanol–water partition coefficient (Wildman–Crippen LogP) is 2.94. The number of hydrogen-bond donors (Lipinski definition) is 1. The van der Waals surface area contributed by atoms with Gasteiger partial charge in [-0.1, -0.05) is 13.5 Å². The zero-order chi connectivity index (χ0) is 10.3. The van der Waals surface area contributed by atoms with Gasteiger partial charge in [0.15, 0.2) is 0 Å². The van der Waals surface area contributed by atoms with Crippen LogP contribution in [0.4, 0.5) is 0 Å². The third-order valence-corrected chi connectivity index (χ3v) is 2.03. The molecule has 0 radical (unpaired) electrons. The van der Waals surface area contributed by atoms with Gasteiger partial charge in [-0.15, -0.1) is 12.3 Å². The first-order chi connectivity index (χ1) is 6.06. The van der Waals surface area contributed by atoms with Crippen molar-refractivity contribution in [1.82, 2.24) is 5.32 Å². The molecular weight excluding hydrogens is 158 g/mol. The maximum Gasteiger partial charge on any atom is 0.0232 e. The maximum absolute atomic E-state index is 5.21. The van der Waals surface area contributed by atoms with Crippen LogP contribution in [0.2, 0.25) is 0 Å². The van der Waals surface area contributed by atoms with Gasteiger partial charge in [0.05, 0.1) is 0 Å². The Kier molecular flexibility index (Phi) is 6.14. The van der Waals surface area contributed by atoms with E-state index in [0.29, 0.717) is 12.0 Å². The first kappa shape index (κ1) is 12.1. The second kappa shape index (κ2) is 6.60. The summed E-state index contributed by atoms with van der Waals surface area (Å²) in [6.07, 6.45) is 8.38. The van der Waals surface area contributed by atoms with E-state index in [1.54, 1.807) is 0 Å². The summed E-state index contributed by atoms with van der Waals surface area (Å²) in [5, 5.41) is 3.30. The molecule has 74 valence electrons. The molecular formula is C12H21N. The first-order valence-electron chi connectivity index (χ1n) is 4.91. The van der Waals surface area contributed by atoms with Gasteiger partial charge in [-0.05, 0) is 32.6 Å². The third-order valence-electron chi connectivity index (χ3n) is 2.03. The molecule has 0 rings (SSSR count). The van der Waals surface area contributed by atoms with Crippen LogP contribution < -0.4 is 5.32 Å². The van der Waals surface area contributed by atoms with Crippen molar-refractivity contribution in [3.8, 4) is 12.3 Å². The number of allylic oxidation sites excluding steroid dienone is 1. The molecule has 2 atom stereocenters. The van der Waals surface area contributed by atoms with Gasteiger partial charge in [-0.25, -0.2) is 0 Å². The molecule has 0 bridgehead atoms. The summed E-state index contributed by atoms with van der Waals surface area (Å²) < 4.78 is 0. The van der Waals surface area contributed by atoms with Crippen molar-refractivity contribution in [3.05, 3.63) is 12.3 Å². The fourth-order valence-corrected chi connectivity index (χ4v) is 1.53. The Balaban J connectivity index is 3.59. The molecule has 0 saturated heterocycles. The van der Waals surface area contributed by atoms with Crippen molar-refractivity contribution in [2.24, 2.45) is 5.92 Å². The molecule has 0 spiro atoms. The van der Waals surface area contributed by atoms with Crippen molar-refractivity contribution in [3.63, 3.8) is 0 Å². The Hall–Kier alpha value is -0.900. The molecule has 0 aliphatic carbocycles. The fraction of sp³-hybridized carbons (Fsp3) is 0.667. The van der Waals surface area contributed by atoms with Crippen LogP contribution in [0.15, 0.2) is 12.3 Å². The van der Waals surface area contributed by atoms with Gasteiger partial charge in [0.2, 0.25) is 0 Å². The highest BCUT2D eigenvalue weighted by molar-refractivity contribution is 4.88. The van der Waals surface area contributed by atoms with Gasteiger partial charge in [0.25, 0.3) is 0 Å². The summed E-state index contributed by atoms with van der Waals surface area (Å²) in [6.45, 7) is 10.2. The standard InChI is InChI=1S/C12H21N/c1-6-7-8-11(4)9-12(5)13-10(2)3/h1,11-13H,2,7-9H2,3-5H3. The Morgan fingerprint density at radius 1 is 1.54 bits per heavy atom. The number of nitrogens with one attached hydrogen (secondary N) is 1.